The van der Waals surface area contributed by atoms with Gasteiger partial charge in [0.15, 0.2) is 0 Å². The molecule has 5 nitrogen and oxygen atoms in total. The Bertz CT molecular complexity index is 517. The maximum Gasteiger partial charge on any atom is 0.321 e. The van der Waals surface area contributed by atoms with Gasteiger partial charge < -0.3 is 14.8 Å². The first-order valence-corrected chi connectivity index (χ1v) is 5.91. The minimum Gasteiger partial charge on any atom is -0.331 e. The van der Waals surface area contributed by atoms with Crippen LogP contribution in [-0.2, 0) is 0 Å². The Morgan fingerprint density at radius 2 is 2.06 bits per heavy atom. The topological polar surface area (TPSA) is 50.2 Å². The number of carbonyl (C=O) groups excluding carboxylic acids is 1. The Balaban J connectivity index is 1.54. The number of nitrogens with one attached hydrogen (secondary N) is 1. The monoisotopic (exact) mass is 242 g/mol. The molecule has 1 saturated heterocycles. The first kappa shape index (κ1) is 10.8. The van der Waals surface area contributed by atoms with E-state index >= 15 is 0 Å². The van der Waals surface area contributed by atoms with E-state index in [0.717, 1.165) is 18.8 Å². The maximum atomic E-state index is 11.9. The highest BCUT2D eigenvalue weighted by molar-refractivity contribution is 5.89. The highest BCUT2D eigenvalue weighted by Gasteiger charge is 2.31. The summed E-state index contributed by atoms with van der Waals surface area (Å²) in [6.45, 7) is 1.46. The summed E-state index contributed by atoms with van der Waals surface area (Å²) in [5, 5.41) is 2.87. The summed E-state index contributed by atoms with van der Waals surface area (Å²) in [6, 6.07) is 9.80. The van der Waals surface area contributed by atoms with Crippen molar-refractivity contribution >= 4 is 11.7 Å². The molecule has 1 aliphatic heterocycles. The molecular weight excluding hydrogens is 228 g/mol. The molecule has 1 N–H and O–H groups in total. The van der Waals surface area contributed by atoms with Crippen LogP contribution in [-0.4, -0.2) is 33.6 Å². The standard InChI is InChI=1S/C13H14N4O/c18-13(15-11-4-2-1-3-5-11)17-8-12(9-17)16-7-6-14-10-16/h1-7,10,12H,8-9H2,(H,15,18). The number of aromatic nitrogens is 2. The second-order valence-corrected chi connectivity index (χ2v) is 4.36. The number of rotatable bonds is 2. The molecule has 0 atom stereocenters. The number of hydrogen-bond acceptors (Lipinski definition) is 2. The molecule has 18 heavy (non-hydrogen) atoms. The first-order chi connectivity index (χ1) is 8.83. The second-order valence-electron chi connectivity index (χ2n) is 4.36. The number of amides is 2. The minimum atomic E-state index is -0.0439. The molecule has 0 saturated carbocycles. The van der Waals surface area contributed by atoms with E-state index in [2.05, 4.69) is 10.3 Å². The lowest BCUT2D eigenvalue weighted by Crippen LogP contribution is -2.52. The van der Waals surface area contributed by atoms with E-state index in [0.29, 0.717) is 6.04 Å². The summed E-state index contributed by atoms with van der Waals surface area (Å²) < 4.78 is 2.03. The van der Waals surface area contributed by atoms with Crippen LogP contribution in [0.25, 0.3) is 0 Å². The van der Waals surface area contributed by atoms with Crippen molar-refractivity contribution in [2.75, 3.05) is 18.4 Å². The second kappa shape index (κ2) is 4.52. The molecule has 92 valence electrons. The molecule has 2 heterocycles. The van der Waals surface area contributed by atoms with Gasteiger partial charge in [0, 0.05) is 31.2 Å². The van der Waals surface area contributed by atoms with Crippen LogP contribution in [0.2, 0.25) is 0 Å². The Kier molecular flexibility index (Phi) is 2.72. The van der Waals surface area contributed by atoms with Gasteiger partial charge in [0.2, 0.25) is 0 Å². The summed E-state index contributed by atoms with van der Waals surface area (Å²) in [5.74, 6) is 0. The molecule has 2 amide bonds. The lowest BCUT2D eigenvalue weighted by Gasteiger charge is -2.39. The van der Waals surface area contributed by atoms with Gasteiger partial charge in [0.05, 0.1) is 12.4 Å². The summed E-state index contributed by atoms with van der Waals surface area (Å²) in [5.41, 5.74) is 0.827. The molecule has 1 aromatic heterocycles. The molecule has 0 unspecified atom stereocenters. The fraction of sp³-hybridized carbons (Fsp3) is 0.231. The van der Waals surface area contributed by atoms with E-state index in [1.165, 1.54) is 0 Å². The predicted octanol–water partition coefficient (Wildman–Crippen LogP) is 1.97. The molecular formula is C13H14N4O. The number of urea groups is 1. The van der Waals surface area contributed by atoms with Crippen molar-refractivity contribution in [3.05, 3.63) is 49.1 Å². The molecule has 0 aliphatic carbocycles. The van der Waals surface area contributed by atoms with Gasteiger partial charge >= 0.3 is 6.03 Å². The lowest BCUT2D eigenvalue weighted by molar-refractivity contribution is 0.135. The molecule has 0 radical (unpaired) electrons. The third-order valence-corrected chi connectivity index (χ3v) is 3.12. The van der Waals surface area contributed by atoms with Gasteiger partial charge in [0.25, 0.3) is 0 Å². The number of imidazole rings is 1. The number of carbonyl (C=O) groups is 1. The molecule has 0 spiro atoms. The fourth-order valence-electron chi connectivity index (χ4n) is 2.02. The SMILES string of the molecule is O=C(Nc1ccccc1)N1CC(n2ccnc2)C1. The van der Waals surface area contributed by atoms with Crippen molar-refractivity contribution in [2.45, 2.75) is 6.04 Å². The number of hydrogen-bond donors (Lipinski definition) is 1. The molecule has 1 fully saturated rings. The Morgan fingerprint density at radius 3 is 2.72 bits per heavy atom. The molecule has 3 rings (SSSR count). The van der Waals surface area contributed by atoms with Crippen LogP contribution < -0.4 is 5.32 Å². The zero-order valence-electron chi connectivity index (χ0n) is 9.86. The van der Waals surface area contributed by atoms with Crippen LogP contribution in [0, 0.1) is 0 Å². The van der Waals surface area contributed by atoms with Crippen molar-refractivity contribution in [3.63, 3.8) is 0 Å². The highest BCUT2D eigenvalue weighted by Crippen LogP contribution is 2.21. The van der Waals surface area contributed by atoms with Gasteiger partial charge in [-0.15, -0.1) is 0 Å². The van der Waals surface area contributed by atoms with Gasteiger partial charge in [-0.25, -0.2) is 9.78 Å². The van der Waals surface area contributed by atoms with Gasteiger partial charge in [-0.3, -0.25) is 0 Å². The van der Waals surface area contributed by atoms with E-state index in [9.17, 15) is 4.79 Å². The van der Waals surface area contributed by atoms with E-state index in [1.807, 2.05) is 41.1 Å². The van der Waals surface area contributed by atoms with Crippen molar-refractivity contribution in [1.29, 1.82) is 0 Å². The number of nitrogens with zero attached hydrogens (tertiary/aromatic N) is 3. The lowest BCUT2D eigenvalue weighted by atomic mass is 10.1. The Hall–Kier alpha value is -2.30. The van der Waals surface area contributed by atoms with Gasteiger partial charge in [0.1, 0.15) is 0 Å². The average Bonchev–Trinajstić information content (AvgIpc) is 2.82. The molecule has 2 aromatic rings. The number of benzene rings is 1. The fourth-order valence-corrected chi connectivity index (χ4v) is 2.02. The van der Waals surface area contributed by atoms with Crippen LogP contribution >= 0.6 is 0 Å². The van der Waals surface area contributed by atoms with Crippen LogP contribution in [0.5, 0.6) is 0 Å². The number of para-hydroxylation sites is 1. The summed E-state index contributed by atoms with van der Waals surface area (Å²) in [7, 11) is 0. The van der Waals surface area contributed by atoms with Crippen LogP contribution in [0.4, 0.5) is 10.5 Å². The highest BCUT2D eigenvalue weighted by atomic mass is 16.2. The third-order valence-electron chi connectivity index (χ3n) is 3.12. The van der Waals surface area contributed by atoms with Crippen molar-refractivity contribution in [2.24, 2.45) is 0 Å². The largest absolute Gasteiger partial charge is 0.331 e. The van der Waals surface area contributed by atoms with Crippen molar-refractivity contribution in [1.82, 2.24) is 14.5 Å². The van der Waals surface area contributed by atoms with E-state index in [4.69, 9.17) is 0 Å². The minimum absolute atomic E-state index is 0.0439. The van der Waals surface area contributed by atoms with Gasteiger partial charge in [-0.1, -0.05) is 18.2 Å². The first-order valence-electron chi connectivity index (χ1n) is 5.91. The smallest absolute Gasteiger partial charge is 0.321 e. The molecule has 5 heteroatoms. The Labute approximate surface area is 105 Å². The van der Waals surface area contributed by atoms with Crippen LogP contribution in [0.15, 0.2) is 49.1 Å². The zero-order chi connectivity index (χ0) is 12.4. The van der Waals surface area contributed by atoms with E-state index in [-0.39, 0.29) is 6.03 Å². The van der Waals surface area contributed by atoms with Crippen LogP contribution in [0.1, 0.15) is 6.04 Å². The third kappa shape index (κ3) is 2.07. The number of likely N-dealkylation sites (tertiary alicyclic amines) is 1. The Morgan fingerprint density at radius 1 is 1.28 bits per heavy atom. The molecule has 1 aromatic carbocycles. The summed E-state index contributed by atoms with van der Waals surface area (Å²) >= 11 is 0. The summed E-state index contributed by atoms with van der Waals surface area (Å²) in [4.78, 5) is 17.7. The average molecular weight is 242 g/mol. The zero-order valence-corrected chi connectivity index (χ0v) is 9.86. The molecule has 1 aliphatic rings. The quantitative estimate of drug-likeness (QED) is 0.875. The predicted molar refractivity (Wildman–Crippen MR) is 68.3 cm³/mol. The van der Waals surface area contributed by atoms with Crippen molar-refractivity contribution in [3.8, 4) is 0 Å². The van der Waals surface area contributed by atoms with E-state index < -0.39 is 0 Å². The van der Waals surface area contributed by atoms with E-state index in [1.54, 1.807) is 17.4 Å². The normalized spacial score (nSPS) is 15.2. The maximum absolute atomic E-state index is 11.9. The van der Waals surface area contributed by atoms with Gasteiger partial charge in [-0.2, -0.15) is 0 Å². The van der Waals surface area contributed by atoms with Crippen LogP contribution in [0.3, 0.4) is 0 Å². The number of anilines is 1. The summed E-state index contributed by atoms with van der Waals surface area (Å²) in [6.07, 6.45) is 5.47. The van der Waals surface area contributed by atoms with Gasteiger partial charge in [-0.05, 0) is 12.1 Å². The molecule has 0 bridgehead atoms. The van der Waals surface area contributed by atoms with Crippen molar-refractivity contribution < 1.29 is 4.79 Å².